The molecule has 6 heteroatoms. The van der Waals surface area contributed by atoms with Gasteiger partial charge in [0.25, 0.3) is 0 Å². The molecule has 0 heterocycles. The van der Waals surface area contributed by atoms with Crippen molar-refractivity contribution in [2.45, 2.75) is 64.2 Å². The second-order valence-corrected chi connectivity index (χ2v) is 6.17. The van der Waals surface area contributed by atoms with E-state index in [9.17, 15) is 4.57 Å². The van der Waals surface area contributed by atoms with Gasteiger partial charge in [0.15, 0.2) is 0 Å². The van der Waals surface area contributed by atoms with Gasteiger partial charge in [-0.3, -0.25) is 4.52 Å². The number of phosphoric acid groups is 1. The number of halogens is 1. The van der Waals surface area contributed by atoms with Crippen LogP contribution in [-0.2, 0) is 9.09 Å². The summed E-state index contributed by atoms with van der Waals surface area (Å²) < 4.78 is 14.7. The van der Waals surface area contributed by atoms with Crippen LogP contribution in [0.2, 0.25) is 0 Å². The van der Waals surface area contributed by atoms with Gasteiger partial charge >= 0.3 is 7.82 Å². The molecule has 0 aliphatic carbocycles. The third-order valence-corrected chi connectivity index (χ3v) is 3.57. The Morgan fingerprint density at radius 2 is 1.17 bits per heavy atom. The van der Waals surface area contributed by atoms with Crippen molar-refractivity contribution in [3.8, 4) is 0 Å². The minimum absolute atomic E-state index is 0.155. The topological polar surface area (TPSA) is 66.8 Å². The normalized spacial score (nSPS) is 11.9. The molecule has 0 aromatic heterocycles. The Morgan fingerprint density at radius 1 is 0.778 bits per heavy atom. The van der Waals surface area contributed by atoms with Crippen LogP contribution < -0.4 is 0 Å². The van der Waals surface area contributed by atoms with Gasteiger partial charge in [-0.05, 0) is 12.8 Å². The molecule has 0 amide bonds. The summed E-state index contributed by atoms with van der Waals surface area (Å²) in [6, 6.07) is 0. The molecule has 0 saturated heterocycles. The van der Waals surface area contributed by atoms with Gasteiger partial charge in [-0.2, -0.15) is 0 Å². The molecule has 4 nitrogen and oxygen atoms in total. The molecule has 0 unspecified atom stereocenters. The van der Waals surface area contributed by atoms with E-state index in [4.69, 9.17) is 21.4 Å². The Kier molecular flexibility index (Phi) is 12.7. The summed E-state index contributed by atoms with van der Waals surface area (Å²) in [6.45, 7) is 0.155. The summed E-state index contributed by atoms with van der Waals surface area (Å²) in [6.07, 6.45) is 11.5. The van der Waals surface area contributed by atoms with Gasteiger partial charge in [-0.15, -0.1) is 11.6 Å². The summed E-state index contributed by atoms with van der Waals surface area (Å²) in [7, 11) is -4.25. The first-order valence-electron chi connectivity index (χ1n) is 6.82. The molecule has 0 atom stereocenters. The zero-order chi connectivity index (χ0) is 13.7. The number of unbranched alkanes of at least 4 members (excludes halogenated alkanes) is 9. The van der Waals surface area contributed by atoms with E-state index in [1.165, 1.54) is 38.5 Å². The van der Waals surface area contributed by atoms with Gasteiger partial charge in [0.1, 0.15) is 0 Å². The lowest BCUT2D eigenvalue weighted by molar-refractivity contribution is 0.193. The summed E-state index contributed by atoms with van der Waals surface area (Å²) in [5.74, 6) is 0.774. The molecule has 110 valence electrons. The average molecular weight is 301 g/mol. The first-order valence-corrected chi connectivity index (χ1v) is 8.89. The van der Waals surface area contributed by atoms with Crippen LogP contribution in [0.4, 0.5) is 0 Å². The SMILES string of the molecule is O=P(O)(O)OCCCCCCCCCCCCCl. The maximum Gasteiger partial charge on any atom is 0.469 e. The highest BCUT2D eigenvalue weighted by Gasteiger charge is 2.12. The molecule has 2 N–H and O–H groups in total. The molecule has 0 aliphatic heterocycles. The van der Waals surface area contributed by atoms with Gasteiger partial charge in [-0.1, -0.05) is 51.4 Å². The van der Waals surface area contributed by atoms with Crippen LogP contribution in [0.15, 0.2) is 0 Å². The first-order chi connectivity index (χ1) is 8.56. The number of hydrogen-bond acceptors (Lipinski definition) is 2. The Balaban J connectivity index is 3.01. The Hall–Kier alpha value is 0.400. The fraction of sp³-hybridized carbons (Fsp3) is 1.00. The fourth-order valence-corrected chi connectivity index (χ4v) is 2.35. The van der Waals surface area contributed by atoms with E-state index in [1.54, 1.807) is 0 Å². The van der Waals surface area contributed by atoms with Crippen LogP contribution in [0.1, 0.15) is 64.2 Å². The number of hydrogen-bond donors (Lipinski definition) is 2. The summed E-state index contributed by atoms with van der Waals surface area (Å²) >= 11 is 5.59. The highest BCUT2D eigenvalue weighted by atomic mass is 35.5. The summed E-state index contributed by atoms with van der Waals surface area (Å²) in [4.78, 5) is 16.9. The molecule has 0 spiro atoms. The van der Waals surface area contributed by atoms with Gasteiger partial charge in [0.05, 0.1) is 6.61 Å². The smallest absolute Gasteiger partial charge is 0.303 e. The molecule has 0 fully saturated rings. The third kappa shape index (κ3) is 16.4. The third-order valence-electron chi connectivity index (χ3n) is 2.79. The Bertz CT molecular complexity index is 220. The maximum absolute atomic E-state index is 10.4. The van der Waals surface area contributed by atoms with Crippen molar-refractivity contribution >= 4 is 19.4 Å². The second kappa shape index (κ2) is 12.4. The minimum atomic E-state index is -4.25. The lowest BCUT2D eigenvalue weighted by atomic mass is 10.1. The highest BCUT2D eigenvalue weighted by molar-refractivity contribution is 7.46. The van der Waals surface area contributed by atoms with E-state index < -0.39 is 7.82 Å². The van der Waals surface area contributed by atoms with Crippen molar-refractivity contribution in [2.75, 3.05) is 12.5 Å². The predicted molar refractivity (Wildman–Crippen MR) is 74.9 cm³/mol. The monoisotopic (exact) mass is 300 g/mol. The van der Waals surface area contributed by atoms with Crippen molar-refractivity contribution in [1.82, 2.24) is 0 Å². The second-order valence-electron chi connectivity index (χ2n) is 4.55. The van der Waals surface area contributed by atoms with Gasteiger partial charge in [0.2, 0.25) is 0 Å². The zero-order valence-electron chi connectivity index (χ0n) is 11.0. The lowest BCUT2D eigenvalue weighted by Gasteiger charge is -2.05. The van der Waals surface area contributed by atoms with E-state index in [-0.39, 0.29) is 6.61 Å². The molecule has 0 aromatic carbocycles. The molecule has 0 bridgehead atoms. The van der Waals surface area contributed by atoms with Crippen LogP contribution in [-0.4, -0.2) is 22.3 Å². The fourth-order valence-electron chi connectivity index (χ4n) is 1.79. The zero-order valence-corrected chi connectivity index (χ0v) is 12.7. The molecule has 0 radical (unpaired) electrons. The predicted octanol–water partition coefficient (Wildman–Crippen LogP) is 4.24. The quantitative estimate of drug-likeness (QED) is 0.303. The number of alkyl halides is 1. The highest BCUT2D eigenvalue weighted by Crippen LogP contribution is 2.35. The largest absolute Gasteiger partial charge is 0.469 e. The van der Waals surface area contributed by atoms with Crippen molar-refractivity contribution in [3.05, 3.63) is 0 Å². The van der Waals surface area contributed by atoms with Crippen LogP contribution in [0, 0.1) is 0 Å². The Morgan fingerprint density at radius 3 is 1.56 bits per heavy atom. The lowest BCUT2D eigenvalue weighted by Crippen LogP contribution is -1.92. The standard InChI is InChI=1S/C12H26ClO4P/c13-11-9-7-5-3-1-2-4-6-8-10-12-17-18(14,15)16/h1-12H2,(H2,14,15,16). The summed E-state index contributed by atoms with van der Waals surface area (Å²) in [5, 5.41) is 0. The minimum Gasteiger partial charge on any atom is -0.303 e. The van der Waals surface area contributed by atoms with Crippen LogP contribution >= 0.6 is 19.4 Å². The van der Waals surface area contributed by atoms with E-state index in [0.717, 1.165) is 31.6 Å². The molecule has 18 heavy (non-hydrogen) atoms. The van der Waals surface area contributed by atoms with Crippen molar-refractivity contribution < 1.29 is 18.9 Å². The maximum atomic E-state index is 10.4. The van der Waals surface area contributed by atoms with E-state index in [1.807, 2.05) is 0 Å². The summed E-state index contributed by atoms with van der Waals surface area (Å²) in [5.41, 5.74) is 0. The van der Waals surface area contributed by atoms with Gasteiger partial charge in [-0.25, -0.2) is 4.57 Å². The van der Waals surface area contributed by atoms with Crippen molar-refractivity contribution in [3.63, 3.8) is 0 Å². The molecule has 0 aliphatic rings. The molecular formula is C12H26ClO4P. The first kappa shape index (κ1) is 18.4. The number of rotatable bonds is 13. The van der Waals surface area contributed by atoms with Crippen molar-refractivity contribution in [1.29, 1.82) is 0 Å². The number of phosphoric ester groups is 1. The van der Waals surface area contributed by atoms with Crippen LogP contribution in [0.5, 0.6) is 0 Å². The average Bonchev–Trinajstić information content (AvgIpc) is 2.29. The van der Waals surface area contributed by atoms with E-state index >= 15 is 0 Å². The van der Waals surface area contributed by atoms with E-state index in [2.05, 4.69) is 4.52 Å². The van der Waals surface area contributed by atoms with Crippen LogP contribution in [0.3, 0.4) is 0 Å². The van der Waals surface area contributed by atoms with Gasteiger partial charge in [0, 0.05) is 5.88 Å². The van der Waals surface area contributed by atoms with E-state index in [0.29, 0.717) is 0 Å². The Labute approximate surface area is 115 Å². The molecular weight excluding hydrogens is 275 g/mol. The molecule has 0 rings (SSSR count). The molecule has 0 saturated carbocycles. The van der Waals surface area contributed by atoms with Crippen LogP contribution in [0.25, 0.3) is 0 Å². The van der Waals surface area contributed by atoms with Crippen molar-refractivity contribution in [2.24, 2.45) is 0 Å². The van der Waals surface area contributed by atoms with Gasteiger partial charge < -0.3 is 9.79 Å². The molecule has 0 aromatic rings.